The molecule has 0 aromatic heterocycles. The van der Waals surface area contributed by atoms with Crippen LogP contribution in [0.25, 0.3) is 6.08 Å². The molecule has 16 heavy (non-hydrogen) atoms. The second kappa shape index (κ2) is 5.07. The van der Waals surface area contributed by atoms with Crippen molar-refractivity contribution in [3.63, 3.8) is 0 Å². The lowest BCUT2D eigenvalue weighted by Crippen LogP contribution is -2.27. The SMILES string of the molecule is COC(=O)C(F)(F)/C=C/c1ccc(Cl)cc1. The third kappa shape index (κ3) is 3.31. The minimum atomic E-state index is -3.62. The van der Waals surface area contributed by atoms with Gasteiger partial charge in [0.05, 0.1) is 7.11 Å². The molecule has 0 N–H and O–H groups in total. The van der Waals surface area contributed by atoms with Crippen molar-refractivity contribution >= 4 is 23.6 Å². The lowest BCUT2D eigenvalue weighted by molar-refractivity contribution is -0.161. The minimum absolute atomic E-state index is 0.488. The molecular weight excluding hydrogens is 238 g/mol. The van der Waals surface area contributed by atoms with E-state index in [0.717, 1.165) is 13.2 Å². The van der Waals surface area contributed by atoms with Gasteiger partial charge in [0.15, 0.2) is 0 Å². The predicted molar refractivity (Wildman–Crippen MR) is 57.4 cm³/mol. The lowest BCUT2D eigenvalue weighted by atomic mass is 10.2. The van der Waals surface area contributed by atoms with Gasteiger partial charge in [0, 0.05) is 5.02 Å². The first kappa shape index (κ1) is 12.6. The van der Waals surface area contributed by atoms with Gasteiger partial charge in [-0.2, -0.15) is 8.78 Å². The van der Waals surface area contributed by atoms with E-state index in [0.29, 0.717) is 16.7 Å². The van der Waals surface area contributed by atoms with Gasteiger partial charge < -0.3 is 4.74 Å². The summed E-state index contributed by atoms with van der Waals surface area (Å²) in [6.45, 7) is 0. The van der Waals surface area contributed by atoms with Gasteiger partial charge in [-0.05, 0) is 23.8 Å². The summed E-state index contributed by atoms with van der Waals surface area (Å²) in [6, 6.07) is 6.26. The highest BCUT2D eigenvalue weighted by atomic mass is 35.5. The van der Waals surface area contributed by atoms with Gasteiger partial charge in [-0.3, -0.25) is 0 Å². The molecular formula is C11H9ClF2O2. The molecule has 1 aromatic rings. The Labute approximate surface area is 96.5 Å². The predicted octanol–water partition coefficient (Wildman–Crippen LogP) is 3.16. The maximum atomic E-state index is 13.0. The van der Waals surface area contributed by atoms with Crippen molar-refractivity contribution in [1.82, 2.24) is 0 Å². The van der Waals surface area contributed by atoms with Gasteiger partial charge in [0.25, 0.3) is 0 Å². The topological polar surface area (TPSA) is 26.3 Å². The molecule has 5 heteroatoms. The Bertz CT molecular complexity index is 399. The molecule has 0 aliphatic heterocycles. The Morgan fingerprint density at radius 3 is 2.44 bits per heavy atom. The van der Waals surface area contributed by atoms with Crippen molar-refractivity contribution in [1.29, 1.82) is 0 Å². The van der Waals surface area contributed by atoms with Crippen molar-refractivity contribution < 1.29 is 18.3 Å². The zero-order valence-corrected chi connectivity index (χ0v) is 9.17. The van der Waals surface area contributed by atoms with E-state index in [2.05, 4.69) is 4.74 Å². The van der Waals surface area contributed by atoms with E-state index in [4.69, 9.17) is 11.6 Å². The summed E-state index contributed by atoms with van der Waals surface area (Å²) < 4.78 is 30.0. The summed E-state index contributed by atoms with van der Waals surface area (Å²) in [5, 5.41) is 0.511. The third-order valence-electron chi connectivity index (χ3n) is 1.81. The van der Waals surface area contributed by atoms with Crippen molar-refractivity contribution in [2.24, 2.45) is 0 Å². The Morgan fingerprint density at radius 2 is 1.94 bits per heavy atom. The molecule has 1 aromatic carbocycles. The number of methoxy groups -OCH3 is 1. The van der Waals surface area contributed by atoms with Gasteiger partial charge >= 0.3 is 11.9 Å². The van der Waals surface area contributed by atoms with Gasteiger partial charge in [-0.1, -0.05) is 29.8 Å². The average molecular weight is 247 g/mol. The molecule has 0 unspecified atom stereocenters. The number of hydrogen-bond donors (Lipinski definition) is 0. The van der Waals surface area contributed by atoms with Crippen LogP contribution in [0.15, 0.2) is 30.3 Å². The van der Waals surface area contributed by atoms with E-state index in [1.807, 2.05) is 0 Å². The number of ether oxygens (including phenoxy) is 1. The van der Waals surface area contributed by atoms with E-state index < -0.39 is 11.9 Å². The molecule has 86 valence electrons. The van der Waals surface area contributed by atoms with Crippen LogP contribution in [0.4, 0.5) is 8.78 Å². The summed E-state index contributed by atoms with van der Waals surface area (Å²) in [7, 11) is 0.909. The van der Waals surface area contributed by atoms with Gasteiger partial charge in [0.2, 0.25) is 0 Å². The Morgan fingerprint density at radius 1 is 1.38 bits per heavy atom. The molecule has 0 bridgehead atoms. The molecule has 2 nitrogen and oxygen atoms in total. The largest absolute Gasteiger partial charge is 0.464 e. The molecule has 0 saturated carbocycles. The molecule has 0 spiro atoms. The molecule has 1 rings (SSSR count). The van der Waals surface area contributed by atoms with Crippen molar-refractivity contribution in [3.05, 3.63) is 40.9 Å². The number of esters is 1. The number of benzene rings is 1. The minimum Gasteiger partial charge on any atom is -0.464 e. The summed E-state index contributed by atoms with van der Waals surface area (Å²) >= 11 is 5.63. The molecule has 0 radical (unpaired) electrons. The van der Waals surface area contributed by atoms with E-state index in [9.17, 15) is 13.6 Å². The number of rotatable bonds is 3. The maximum absolute atomic E-state index is 13.0. The van der Waals surface area contributed by atoms with E-state index >= 15 is 0 Å². The summed E-state index contributed by atoms with van der Waals surface area (Å²) in [5.41, 5.74) is 0.521. The molecule has 0 saturated heterocycles. The summed E-state index contributed by atoms with van der Waals surface area (Å²) in [5.74, 6) is -5.20. The number of alkyl halides is 2. The fourth-order valence-corrected chi connectivity index (χ4v) is 1.10. The van der Waals surface area contributed by atoms with Gasteiger partial charge in [0.1, 0.15) is 0 Å². The first-order valence-electron chi connectivity index (χ1n) is 4.37. The van der Waals surface area contributed by atoms with Crippen LogP contribution in [0.5, 0.6) is 0 Å². The highest BCUT2D eigenvalue weighted by Crippen LogP contribution is 2.19. The second-order valence-electron chi connectivity index (χ2n) is 3.00. The van der Waals surface area contributed by atoms with Gasteiger partial charge in [-0.15, -0.1) is 0 Å². The highest BCUT2D eigenvalue weighted by molar-refractivity contribution is 6.30. The highest BCUT2D eigenvalue weighted by Gasteiger charge is 2.36. The first-order chi connectivity index (χ1) is 7.45. The number of carbonyl (C=O) groups excluding carboxylic acids is 1. The van der Waals surface area contributed by atoms with Crippen molar-refractivity contribution in [2.75, 3.05) is 7.11 Å². The van der Waals surface area contributed by atoms with E-state index in [-0.39, 0.29) is 0 Å². The van der Waals surface area contributed by atoms with E-state index in [1.165, 1.54) is 0 Å². The second-order valence-corrected chi connectivity index (χ2v) is 3.44. The fourth-order valence-electron chi connectivity index (χ4n) is 0.979. The van der Waals surface area contributed by atoms with Crippen LogP contribution in [-0.4, -0.2) is 19.0 Å². The van der Waals surface area contributed by atoms with Crippen molar-refractivity contribution in [3.8, 4) is 0 Å². The molecule has 0 atom stereocenters. The average Bonchev–Trinajstić information content (AvgIpc) is 2.27. The molecule has 0 amide bonds. The van der Waals surface area contributed by atoms with Crippen LogP contribution in [0.2, 0.25) is 5.02 Å². The number of halogens is 3. The molecule has 0 heterocycles. The Hall–Kier alpha value is -1.42. The van der Waals surface area contributed by atoms with Crippen LogP contribution in [-0.2, 0) is 9.53 Å². The monoisotopic (exact) mass is 246 g/mol. The quantitative estimate of drug-likeness (QED) is 0.766. The normalized spacial score (nSPS) is 11.8. The van der Waals surface area contributed by atoms with Crippen LogP contribution in [0.3, 0.4) is 0 Å². The van der Waals surface area contributed by atoms with Crippen LogP contribution >= 0.6 is 11.6 Å². The third-order valence-corrected chi connectivity index (χ3v) is 2.06. The van der Waals surface area contributed by atoms with Crippen molar-refractivity contribution in [2.45, 2.75) is 5.92 Å². The molecule has 0 fully saturated rings. The molecule has 0 aliphatic rings. The van der Waals surface area contributed by atoms with Crippen LogP contribution in [0, 0.1) is 0 Å². The number of carbonyl (C=O) groups is 1. The summed E-state index contributed by atoms with van der Waals surface area (Å²) in [6.07, 6.45) is 1.62. The smallest absolute Gasteiger partial charge is 0.381 e. The summed E-state index contributed by atoms with van der Waals surface area (Å²) in [4.78, 5) is 10.7. The fraction of sp³-hybridized carbons (Fsp3) is 0.182. The lowest BCUT2D eigenvalue weighted by Gasteiger charge is -2.07. The van der Waals surface area contributed by atoms with Crippen LogP contribution in [0.1, 0.15) is 5.56 Å². The van der Waals surface area contributed by atoms with Crippen LogP contribution < -0.4 is 0 Å². The van der Waals surface area contributed by atoms with E-state index in [1.54, 1.807) is 24.3 Å². The first-order valence-corrected chi connectivity index (χ1v) is 4.74. The maximum Gasteiger partial charge on any atom is 0.381 e. The zero-order valence-electron chi connectivity index (χ0n) is 8.41. The molecule has 0 aliphatic carbocycles. The Kier molecular flexibility index (Phi) is 4.01. The standard InChI is InChI=1S/C11H9ClF2O2/c1-16-10(15)11(13,14)7-6-8-2-4-9(12)5-3-8/h2-7H,1H3/b7-6+. The Balaban J connectivity index is 2.80. The number of hydrogen-bond acceptors (Lipinski definition) is 2. The zero-order chi connectivity index (χ0) is 12.2. The van der Waals surface area contributed by atoms with Gasteiger partial charge in [-0.25, -0.2) is 4.79 Å².